The van der Waals surface area contributed by atoms with Crippen molar-refractivity contribution in [3.05, 3.63) is 29.3 Å². The first-order chi connectivity index (χ1) is 9.23. The molecule has 114 valence electrons. The van der Waals surface area contributed by atoms with Crippen molar-refractivity contribution in [1.29, 1.82) is 0 Å². The summed E-state index contributed by atoms with van der Waals surface area (Å²) in [6.07, 6.45) is -4.19. The molecule has 20 heavy (non-hydrogen) atoms. The number of nitrogens with one attached hydrogen (secondary N) is 1. The standard InChI is InChI=1S/C15H23F3N2/c1-5-20(10-15(16,17)18)14-7-6-12(4)8-13(14)9-19-11(2)3/h6-8,11,19H,5,9-10H2,1-4H3. The van der Waals surface area contributed by atoms with E-state index in [1.807, 2.05) is 32.9 Å². The Morgan fingerprint density at radius 3 is 2.40 bits per heavy atom. The molecule has 1 rings (SSSR count). The lowest BCUT2D eigenvalue weighted by Crippen LogP contribution is -2.35. The van der Waals surface area contributed by atoms with Gasteiger partial charge in [-0.2, -0.15) is 13.2 Å². The number of anilines is 1. The second-order valence-corrected chi connectivity index (χ2v) is 5.30. The zero-order chi connectivity index (χ0) is 15.3. The number of rotatable bonds is 6. The van der Waals surface area contributed by atoms with Crippen LogP contribution in [0.4, 0.5) is 18.9 Å². The molecule has 0 spiro atoms. The summed E-state index contributed by atoms with van der Waals surface area (Å²) in [5.41, 5.74) is 2.62. The minimum absolute atomic E-state index is 0.293. The molecule has 0 saturated carbocycles. The highest BCUT2D eigenvalue weighted by Gasteiger charge is 2.31. The van der Waals surface area contributed by atoms with E-state index in [9.17, 15) is 13.2 Å². The summed E-state index contributed by atoms with van der Waals surface area (Å²) in [6, 6.07) is 5.87. The number of benzene rings is 1. The summed E-state index contributed by atoms with van der Waals surface area (Å²) < 4.78 is 37.9. The molecule has 0 aliphatic rings. The minimum Gasteiger partial charge on any atom is -0.363 e. The average molecular weight is 288 g/mol. The molecule has 0 unspecified atom stereocenters. The van der Waals surface area contributed by atoms with E-state index in [0.717, 1.165) is 11.1 Å². The summed E-state index contributed by atoms with van der Waals surface area (Å²) in [4.78, 5) is 1.37. The fourth-order valence-corrected chi connectivity index (χ4v) is 2.06. The Labute approximate surface area is 119 Å². The lowest BCUT2D eigenvalue weighted by atomic mass is 10.1. The second-order valence-electron chi connectivity index (χ2n) is 5.30. The topological polar surface area (TPSA) is 15.3 Å². The van der Waals surface area contributed by atoms with Gasteiger partial charge in [0.25, 0.3) is 0 Å². The first kappa shape index (κ1) is 16.8. The maximum atomic E-state index is 12.6. The van der Waals surface area contributed by atoms with Crippen molar-refractivity contribution in [2.24, 2.45) is 0 Å². The number of alkyl halides is 3. The number of aryl methyl sites for hydroxylation is 1. The molecule has 0 aromatic heterocycles. The molecule has 0 amide bonds. The van der Waals surface area contributed by atoms with Gasteiger partial charge in [-0.05, 0) is 25.5 Å². The van der Waals surface area contributed by atoms with Crippen molar-refractivity contribution in [1.82, 2.24) is 5.32 Å². The summed E-state index contributed by atoms with van der Waals surface area (Å²) in [7, 11) is 0. The van der Waals surface area contributed by atoms with Crippen molar-refractivity contribution in [3.63, 3.8) is 0 Å². The summed E-state index contributed by atoms with van der Waals surface area (Å²) in [6.45, 7) is 7.71. The fourth-order valence-electron chi connectivity index (χ4n) is 2.06. The van der Waals surface area contributed by atoms with Crippen LogP contribution in [0.3, 0.4) is 0 Å². The van der Waals surface area contributed by atoms with E-state index in [1.165, 1.54) is 4.90 Å². The van der Waals surface area contributed by atoms with E-state index < -0.39 is 12.7 Å². The molecule has 0 aliphatic carbocycles. The number of hydrogen-bond acceptors (Lipinski definition) is 2. The van der Waals surface area contributed by atoms with Crippen LogP contribution in [0.1, 0.15) is 31.9 Å². The van der Waals surface area contributed by atoms with Gasteiger partial charge < -0.3 is 10.2 Å². The number of halogens is 3. The highest BCUT2D eigenvalue weighted by atomic mass is 19.4. The van der Waals surface area contributed by atoms with Gasteiger partial charge in [0.2, 0.25) is 0 Å². The van der Waals surface area contributed by atoms with Gasteiger partial charge >= 0.3 is 6.18 Å². The van der Waals surface area contributed by atoms with E-state index in [0.29, 0.717) is 24.8 Å². The predicted molar refractivity (Wildman–Crippen MR) is 77.1 cm³/mol. The van der Waals surface area contributed by atoms with Crippen LogP contribution in [-0.4, -0.2) is 25.3 Å². The van der Waals surface area contributed by atoms with Crippen LogP contribution >= 0.6 is 0 Å². The van der Waals surface area contributed by atoms with Crippen LogP contribution in [-0.2, 0) is 6.54 Å². The number of hydrogen-bond donors (Lipinski definition) is 1. The molecule has 0 radical (unpaired) electrons. The molecular formula is C15H23F3N2. The maximum absolute atomic E-state index is 12.6. The van der Waals surface area contributed by atoms with E-state index in [-0.39, 0.29) is 0 Å². The largest absolute Gasteiger partial charge is 0.405 e. The van der Waals surface area contributed by atoms with Gasteiger partial charge in [-0.15, -0.1) is 0 Å². The Morgan fingerprint density at radius 1 is 1.25 bits per heavy atom. The van der Waals surface area contributed by atoms with Crippen LogP contribution in [0, 0.1) is 6.92 Å². The Kier molecular flexibility index (Phi) is 5.87. The Bertz CT molecular complexity index is 428. The third kappa shape index (κ3) is 5.41. The third-order valence-corrected chi connectivity index (χ3v) is 3.03. The molecule has 1 N–H and O–H groups in total. The molecule has 0 saturated heterocycles. The van der Waals surface area contributed by atoms with E-state index >= 15 is 0 Å². The van der Waals surface area contributed by atoms with Gasteiger partial charge in [-0.3, -0.25) is 0 Å². The lowest BCUT2D eigenvalue weighted by molar-refractivity contribution is -0.119. The van der Waals surface area contributed by atoms with E-state index in [1.54, 1.807) is 13.0 Å². The van der Waals surface area contributed by atoms with E-state index in [2.05, 4.69) is 5.32 Å². The van der Waals surface area contributed by atoms with Gasteiger partial charge in [-0.1, -0.05) is 31.5 Å². The second kappa shape index (κ2) is 6.97. The van der Waals surface area contributed by atoms with Crippen LogP contribution in [0.2, 0.25) is 0 Å². The highest BCUT2D eigenvalue weighted by Crippen LogP contribution is 2.26. The van der Waals surface area contributed by atoms with Crippen LogP contribution in [0.5, 0.6) is 0 Å². The van der Waals surface area contributed by atoms with Crippen molar-refractivity contribution < 1.29 is 13.2 Å². The van der Waals surface area contributed by atoms with Gasteiger partial charge in [0.15, 0.2) is 0 Å². The monoisotopic (exact) mass is 288 g/mol. The molecule has 1 aromatic carbocycles. The highest BCUT2D eigenvalue weighted by molar-refractivity contribution is 5.55. The van der Waals surface area contributed by atoms with Gasteiger partial charge in [0, 0.05) is 24.8 Å². The quantitative estimate of drug-likeness (QED) is 0.854. The molecular weight excluding hydrogens is 265 g/mol. The van der Waals surface area contributed by atoms with Crippen molar-refractivity contribution in [2.75, 3.05) is 18.0 Å². The molecule has 1 aromatic rings. The van der Waals surface area contributed by atoms with Crippen LogP contribution in [0.25, 0.3) is 0 Å². The normalized spacial score (nSPS) is 12.0. The maximum Gasteiger partial charge on any atom is 0.405 e. The molecule has 0 aliphatic heterocycles. The zero-order valence-corrected chi connectivity index (χ0v) is 12.5. The molecule has 0 bridgehead atoms. The average Bonchev–Trinajstić information content (AvgIpc) is 2.32. The smallest absolute Gasteiger partial charge is 0.363 e. The summed E-state index contributed by atoms with van der Waals surface area (Å²) >= 11 is 0. The Balaban J connectivity index is 3.01. The summed E-state index contributed by atoms with van der Waals surface area (Å²) in [5, 5.41) is 3.26. The molecule has 0 fully saturated rings. The molecule has 2 nitrogen and oxygen atoms in total. The van der Waals surface area contributed by atoms with Crippen molar-refractivity contribution >= 4 is 5.69 Å². The predicted octanol–water partition coefficient (Wildman–Crippen LogP) is 3.88. The minimum atomic E-state index is -4.19. The van der Waals surface area contributed by atoms with Gasteiger partial charge in [0.1, 0.15) is 6.54 Å². The summed E-state index contributed by atoms with van der Waals surface area (Å²) in [5.74, 6) is 0. The zero-order valence-electron chi connectivity index (χ0n) is 12.5. The lowest BCUT2D eigenvalue weighted by Gasteiger charge is -2.27. The van der Waals surface area contributed by atoms with Crippen LogP contribution in [0.15, 0.2) is 18.2 Å². The Hall–Kier alpha value is -1.23. The SMILES string of the molecule is CCN(CC(F)(F)F)c1ccc(C)cc1CNC(C)C. The first-order valence-corrected chi connectivity index (χ1v) is 6.87. The Morgan fingerprint density at radius 2 is 1.90 bits per heavy atom. The fraction of sp³-hybridized carbons (Fsp3) is 0.600. The van der Waals surface area contributed by atoms with Crippen molar-refractivity contribution in [3.8, 4) is 0 Å². The van der Waals surface area contributed by atoms with Crippen molar-refractivity contribution in [2.45, 2.75) is 46.5 Å². The van der Waals surface area contributed by atoms with Gasteiger partial charge in [0.05, 0.1) is 0 Å². The first-order valence-electron chi connectivity index (χ1n) is 6.87. The molecule has 0 atom stereocenters. The van der Waals surface area contributed by atoms with Gasteiger partial charge in [-0.25, -0.2) is 0 Å². The van der Waals surface area contributed by atoms with E-state index in [4.69, 9.17) is 0 Å². The van der Waals surface area contributed by atoms with Crippen LogP contribution < -0.4 is 10.2 Å². The number of nitrogens with zero attached hydrogens (tertiary/aromatic N) is 1. The molecule has 5 heteroatoms. The third-order valence-electron chi connectivity index (χ3n) is 3.03. The molecule has 0 heterocycles.